The zero-order valence-electron chi connectivity index (χ0n) is 13.7. The number of hydrogen-bond donors (Lipinski definition) is 1. The second-order valence-corrected chi connectivity index (χ2v) is 12.5. The molecule has 0 spiro atoms. The van der Waals surface area contributed by atoms with Gasteiger partial charge in [0.15, 0.2) is 0 Å². The van der Waals surface area contributed by atoms with Gasteiger partial charge in [-0.25, -0.2) is 0 Å². The molecule has 1 aromatic carbocycles. The van der Waals surface area contributed by atoms with Crippen molar-refractivity contribution in [1.29, 1.82) is 0 Å². The van der Waals surface area contributed by atoms with E-state index in [1.165, 1.54) is 5.56 Å². The zero-order valence-corrected chi connectivity index (χ0v) is 14.7. The fourth-order valence-corrected chi connectivity index (χ4v) is 3.59. The number of benzene rings is 1. The highest BCUT2D eigenvalue weighted by molar-refractivity contribution is 6.74. The van der Waals surface area contributed by atoms with Gasteiger partial charge in [-0.15, -0.1) is 0 Å². The first kappa shape index (κ1) is 15.6. The van der Waals surface area contributed by atoms with Crippen LogP contribution < -0.4 is 4.43 Å². The molecular formula is C17H28O2Si. The van der Waals surface area contributed by atoms with Crippen LogP contribution in [0.1, 0.15) is 51.7 Å². The lowest BCUT2D eigenvalue weighted by molar-refractivity contribution is 0.0387. The minimum absolute atomic E-state index is 0.203. The van der Waals surface area contributed by atoms with Gasteiger partial charge < -0.3 is 9.53 Å². The van der Waals surface area contributed by atoms with E-state index in [9.17, 15) is 5.11 Å². The van der Waals surface area contributed by atoms with Crippen LogP contribution in [0.3, 0.4) is 0 Å². The van der Waals surface area contributed by atoms with Crippen LogP contribution in [0, 0.1) is 0 Å². The molecule has 0 saturated carbocycles. The largest absolute Gasteiger partial charge is 0.543 e. The summed E-state index contributed by atoms with van der Waals surface area (Å²) in [6.45, 7) is 13.2. The summed E-state index contributed by atoms with van der Waals surface area (Å²) in [4.78, 5) is 0. The molecule has 0 amide bonds. The Morgan fingerprint density at radius 1 is 1.25 bits per heavy atom. The molecule has 20 heavy (non-hydrogen) atoms. The van der Waals surface area contributed by atoms with E-state index in [1.54, 1.807) is 0 Å². The van der Waals surface area contributed by atoms with E-state index in [0.29, 0.717) is 0 Å². The molecule has 1 N–H and O–H groups in total. The molecule has 1 aromatic rings. The minimum atomic E-state index is -1.79. The van der Waals surface area contributed by atoms with Gasteiger partial charge in [-0.05, 0) is 67.6 Å². The Labute approximate surface area is 124 Å². The van der Waals surface area contributed by atoms with Gasteiger partial charge in [0.2, 0.25) is 8.32 Å². The molecule has 1 atom stereocenters. The Morgan fingerprint density at radius 3 is 2.50 bits per heavy atom. The quantitative estimate of drug-likeness (QED) is 0.806. The topological polar surface area (TPSA) is 29.5 Å². The van der Waals surface area contributed by atoms with E-state index in [1.807, 2.05) is 13.0 Å². The smallest absolute Gasteiger partial charge is 0.250 e. The molecule has 1 aliphatic rings. The molecular weight excluding hydrogens is 264 g/mol. The molecule has 112 valence electrons. The Bertz CT molecular complexity index is 498. The maximum absolute atomic E-state index is 10.4. The maximum atomic E-state index is 10.4. The van der Waals surface area contributed by atoms with Crippen molar-refractivity contribution in [3.05, 3.63) is 29.3 Å². The van der Waals surface area contributed by atoms with Crippen LogP contribution in [0.2, 0.25) is 18.1 Å². The molecule has 1 unspecified atom stereocenters. The predicted octanol–water partition coefficient (Wildman–Crippen LogP) is 4.61. The second-order valence-electron chi connectivity index (χ2n) is 7.81. The first-order valence-corrected chi connectivity index (χ1v) is 10.5. The van der Waals surface area contributed by atoms with E-state index < -0.39 is 13.9 Å². The van der Waals surface area contributed by atoms with E-state index in [2.05, 4.69) is 46.0 Å². The summed E-state index contributed by atoms with van der Waals surface area (Å²) >= 11 is 0. The van der Waals surface area contributed by atoms with Crippen molar-refractivity contribution in [2.24, 2.45) is 0 Å². The van der Waals surface area contributed by atoms with Crippen LogP contribution in [0.4, 0.5) is 0 Å². The lowest BCUT2D eigenvalue weighted by Gasteiger charge is -2.37. The van der Waals surface area contributed by atoms with Gasteiger partial charge in [0, 0.05) is 0 Å². The third-order valence-electron chi connectivity index (χ3n) is 4.95. The number of hydrogen-bond acceptors (Lipinski definition) is 2. The molecule has 0 aliphatic heterocycles. The number of rotatable bonds is 2. The van der Waals surface area contributed by atoms with Crippen LogP contribution in [-0.2, 0) is 12.0 Å². The van der Waals surface area contributed by atoms with Crippen molar-refractivity contribution in [3.8, 4) is 5.75 Å². The summed E-state index contributed by atoms with van der Waals surface area (Å²) in [5, 5.41) is 10.6. The van der Waals surface area contributed by atoms with Crippen molar-refractivity contribution >= 4 is 8.32 Å². The Balaban J connectivity index is 2.29. The fourth-order valence-electron chi connectivity index (χ4n) is 2.57. The van der Waals surface area contributed by atoms with Gasteiger partial charge in [0.25, 0.3) is 0 Å². The van der Waals surface area contributed by atoms with Crippen LogP contribution >= 0.6 is 0 Å². The van der Waals surface area contributed by atoms with E-state index >= 15 is 0 Å². The Kier molecular flexibility index (Phi) is 3.80. The van der Waals surface area contributed by atoms with Gasteiger partial charge in [-0.1, -0.05) is 26.8 Å². The summed E-state index contributed by atoms with van der Waals surface area (Å²) in [5.74, 6) is 0.966. The average Bonchev–Trinajstić information content (AvgIpc) is 2.25. The fraction of sp³-hybridized carbons (Fsp3) is 0.647. The summed E-state index contributed by atoms with van der Waals surface area (Å²) in [7, 11) is -1.79. The van der Waals surface area contributed by atoms with Gasteiger partial charge >= 0.3 is 0 Å². The van der Waals surface area contributed by atoms with E-state index in [-0.39, 0.29) is 5.04 Å². The second kappa shape index (κ2) is 4.88. The van der Waals surface area contributed by atoms with Crippen molar-refractivity contribution in [2.75, 3.05) is 0 Å². The lowest BCUT2D eigenvalue weighted by Crippen LogP contribution is -2.43. The summed E-state index contributed by atoms with van der Waals surface area (Å²) in [6, 6.07) is 6.22. The van der Waals surface area contributed by atoms with Gasteiger partial charge in [-0.3, -0.25) is 0 Å². The normalized spacial score (nSPS) is 23.4. The Morgan fingerprint density at radius 2 is 1.90 bits per heavy atom. The third kappa shape index (κ3) is 2.94. The molecule has 0 aromatic heterocycles. The molecule has 0 heterocycles. The van der Waals surface area contributed by atoms with Crippen molar-refractivity contribution in [2.45, 2.75) is 70.7 Å². The molecule has 3 heteroatoms. The molecule has 1 aliphatic carbocycles. The number of fused-ring (bicyclic) bond motifs is 1. The molecule has 0 fully saturated rings. The number of aliphatic hydroxyl groups is 1. The first-order chi connectivity index (χ1) is 9.03. The van der Waals surface area contributed by atoms with Crippen LogP contribution in [0.5, 0.6) is 5.75 Å². The van der Waals surface area contributed by atoms with Crippen LogP contribution in [0.25, 0.3) is 0 Å². The van der Waals surface area contributed by atoms with Gasteiger partial charge in [0.05, 0.1) is 5.60 Å². The maximum Gasteiger partial charge on any atom is 0.250 e. The van der Waals surface area contributed by atoms with Gasteiger partial charge in [0.1, 0.15) is 5.75 Å². The minimum Gasteiger partial charge on any atom is -0.543 e. The zero-order chi connectivity index (χ0) is 15.2. The lowest BCUT2D eigenvalue weighted by atomic mass is 9.80. The highest BCUT2D eigenvalue weighted by Crippen LogP contribution is 2.40. The molecule has 2 nitrogen and oxygen atoms in total. The number of aryl methyl sites for hydroxylation is 1. The van der Waals surface area contributed by atoms with Crippen molar-refractivity contribution < 1.29 is 9.53 Å². The highest BCUT2D eigenvalue weighted by Gasteiger charge is 2.39. The van der Waals surface area contributed by atoms with Crippen molar-refractivity contribution in [3.63, 3.8) is 0 Å². The monoisotopic (exact) mass is 292 g/mol. The molecule has 0 radical (unpaired) electrons. The summed E-state index contributed by atoms with van der Waals surface area (Å²) < 4.78 is 6.36. The molecule has 2 rings (SSSR count). The SMILES string of the molecule is CC1(O)CCCc2cc(O[Si](C)(C)C(C)(C)C)ccc21. The van der Waals surface area contributed by atoms with Crippen molar-refractivity contribution in [1.82, 2.24) is 0 Å². The summed E-state index contributed by atoms with van der Waals surface area (Å²) in [6.07, 6.45) is 2.94. The standard InChI is InChI=1S/C17H28O2Si/c1-16(2,3)20(5,6)19-14-9-10-15-13(12-14)8-7-11-17(15,4)18/h9-10,12,18H,7-8,11H2,1-6H3. The van der Waals surface area contributed by atoms with Crippen LogP contribution in [0.15, 0.2) is 18.2 Å². The van der Waals surface area contributed by atoms with Gasteiger partial charge in [-0.2, -0.15) is 0 Å². The summed E-state index contributed by atoms with van der Waals surface area (Å²) in [5.41, 5.74) is 1.65. The first-order valence-electron chi connectivity index (χ1n) is 7.58. The Hall–Kier alpha value is -0.803. The average molecular weight is 292 g/mol. The van der Waals surface area contributed by atoms with E-state index in [4.69, 9.17) is 4.43 Å². The van der Waals surface area contributed by atoms with E-state index in [0.717, 1.165) is 30.6 Å². The molecule has 0 saturated heterocycles. The third-order valence-corrected chi connectivity index (χ3v) is 9.30. The highest BCUT2D eigenvalue weighted by atomic mass is 28.4. The van der Waals surface area contributed by atoms with Crippen LogP contribution in [-0.4, -0.2) is 13.4 Å². The molecule has 0 bridgehead atoms. The predicted molar refractivity (Wildman–Crippen MR) is 86.8 cm³/mol.